The van der Waals surface area contributed by atoms with Gasteiger partial charge in [0.1, 0.15) is 11.9 Å². The molecule has 2 aromatic carbocycles. The molecule has 0 spiro atoms. The molecule has 2 aliphatic heterocycles. The number of nitrogens with zero attached hydrogens (tertiary/aromatic N) is 2. The van der Waals surface area contributed by atoms with Gasteiger partial charge in [-0.05, 0) is 22.8 Å². The Labute approximate surface area is 171 Å². The van der Waals surface area contributed by atoms with E-state index in [1.54, 1.807) is 9.80 Å². The van der Waals surface area contributed by atoms with Crippen molar-refractivity contribution in [2.24, 2.45) is 5.92 Å². The van der Waals surface area contributed by atoms with E-state index < -0.39 is 12.2 Å². The first-order valence-corrected chi connectivity index (χ1v) is 10.2. The lowest BCUT2D eigenvalue weighted by Crippen LogP contribution is -2.57. The summed E-state index contributed by atoms with van der Waals surface area (Å²) < 4.78 is 0. The Morgan fingerprint density at radius 2 is 1.48 bits per heavy atom. The zero-order valence-corrected chi connectivity index (χ0v) is 17.3. The quantitative estimate of drug-likeness (QED) is 0.795. The van der Waals surface area contributed by atoms with E-state index in [1.165, 1.54) is 13.8 Å². The molecule has 0 aliphatic carbocycles. The second-order valence-corrected chi connectivity index (χ2v) is 7.95. The Morgan fingerprint density at radius 1 is 0.897 bits per heavy atom. The van der Waals surface area contributed by atoms with Gasteiger partial charge in [-0.1, -0.05) is 56.3 Å². The van der Waals surface area contributed by atoms with E-state index in [1.807, 2.05) is 56.3 Å². The van der Waals surface area contributed by atoms with Gasteiger partial charge in [0, 0.05) is 31.9 Å². The summed E-state index contributed by atoms with van der Waals surface area (Å²) in [6.45, 7) is 6.81. The summed E-state index contributed by atoms with van der Waals surface area (Å²) in [4.78, 5) is 41.9. The van der Waals surface area contributed by atoms with Crippen LogP contribution >= 0.6 is 0 Å². The molecule has 2 aromatic rings. The first-order chi connectivity index (χ1) is 13.9. The first-order valence-electron chi connectivity index (χ1n) is 10.2. The molecule has 2 amide bonds. The molecule has 0 aromatic heterocycles. The maximum atomic E-state index is 13.0. The number of hydrogen-bond donors (Lipinski definition) is 0. The molecular formula is C24H26N2O3. The molecular weight excluding hydrogens is 364 g/mol. The van der Waals surface area contributed by atoms with Crippen LogP contribution in [0.15, 0.2) is 48.5 Å². The van der Waals surface area contributed by atoms with E-state index in [2.05, 4.69) is 6.07 Å². The Balaban J connectivity index is 2.00. The predicted molar refractivity (Wildman–Crippen MR) is 111 cm³/mol. The van der Waals surface area contributed by atoms with Crippen molar-refractivity contribution in [2.75, 3.05) is 4.90 Å². The van der Waals surface area contributed by atoms with Crippen LogP contribution in [-0.4, -0.2) is 28.7 Å². The number of carbonyl (C=O) groups excluding carboxylic acids is 3. The number of rotatable bonds is 3. The third kappa shape index (κ3) is 2.79. The average molecular weight is 390 g/mol. The van der Waals surface area contributed by atoms with Crippen molar-refractivity contribution in [3.8, 4) is 0 Å². The maximum Gasteiger partial charge on any atom is 0.225 e. The molecule has 2 aliphatic rings. The summed E-state index contributed by atoms with van der Waals surface area (Å²) in [5.41, 5.74) is 3.97. The van der Waals surface area contributed by atoms with Crippen LogP contribution in [0.1, 0.15) is 62.8 Å². The molecule has 1 unspecified atom stereocenters. The minimum absolute atomic E-state index is 0.108. The molecule has 0 saturated carbocycles. The molecule has 2 heterocycles. The van der Waals surface area contributed by atoms with Crippen LogP contribution in [0.4, 0.5) is 5.69 Å². The van der Waals surface area contributed by atoms with Crippen molar-refractivity contribution in [1.82, 2.24) is 4.90 Å². The number of carbonyl (C=O) groups is 3. The van der Waals surface area contributed by atoms with Crippen LogP contribution < -0.4 is 4.90 Å². The fourth-order valence-electron chi connectivity index (χ4n) is 5.16. The largest absolute Gasteiger partial charge is 0.313 e. The van der Waals surface area contributed by atoms with Crippen LogP contribution in [0.3, 0.4) is 0 Å². The molecule has 0 fully saturated rings. The van der Waals surface area contributed by atoms with Crippen molar-refractivity contribution >= 4 is 23.3 Å². The minimum Gasteiger partial charge on any atom is -0.313 e. The van der Waals surface area contributed by atoms with Gasteiger partial charge >= 0.3 is 0 Å². The summed E-state index contributed by atoms with van der Waals surface area (Å²) in [7, 11) is 0. The average Bonchev–Trinajstić information content (AvgIpc) is 3.06. The summed E-state index contributed by atoms with van der Waals surface area (Å²) in [5.74, 6) is -0.614. The van der Waals surface area contributed by atoms with E-state index in [-0.39, 0.29) is 29.4 Å². The number of fused-ring (bicyclic) bond motifs is 5. The predicted octanol–water partition coefficient (Wildman–Crippen LogP) is 4.03. The van der Waals surface area contributed by atoms with E-state index >= 15 is 0 Å². The van der Waals surface area contributed by atoms with Crippen LogP contribution in [0.5, 0.6) is 0 Å². The summed E-state index contributed by atoms with van der Waals surface area (Å²) in [6.07, 6.45) is -0.0505. The van der Waals surface area contributed by atoms with Crippen LogP contribution in [0, 0.1) is 5.92 Å². The van der Waals surface area contributed by atoms with Gasteiger partial charge in [0.15, 0.2) is 0 Å². The molecule has 29 heavy (non-hydrogen) atoms. The Bertz CT molecular complexity index is 999. The first kappa shape index (κ1) is 19.4. The van der Waals surface area contributed by atoms with Crippen molar-refractivity contribution in [3.05, 3.63) is 65.2 Å². The summed E-state index contributed by atoms with van der Waals surface area (Å²) >= 11 is 0. The number of benzene rings is 2. The van der Waals surface area contributed by atoms with Gasteiger partial charge in [-0.25, -0.2) is 0 Å². The number of ketones is 1. The molecule has 0 radical (unpaired) electrons. The molecule has 0 bridgehead atoms. The van der Waals surface area contributed by atoms with Gasteiger partial charge in [-0.3, -0.25) is 19.3 Å². The highest BCUT2D eigenvalue weighted by Crippen LogP contribution is 2.53. The van der Waals surface area contributed by atoms with E-state index in [4.69, 9.17) is 0 Å². The number of hydrogen-bond acceptors (Lipinski definition) is 3. The zero-order chi connectivity index (χ0) is 20.9. The SMILES string of the molecule is CCC(=O)C(C)[C@H]1c2ccccc2[C@H]2c3ccccc3N(C(C)=O)[C@H]2N1C(C)=O. The Morgan fingerprint density at radius 3 is 2.07 bits per heavy atom. The molecule has 0 saturated heterocycles. The van der Waals surface area contributed by atoms with E-state index in [0.29, 0.717) is 6.42 Å². The van der Waals surface area contributed by atoms with Gasteiger partial charge in [0.25, 0.3) is 0 Å². The topological polar surface area (TPSA) is 57.7 Å². The smallest absolute Gasteiger partial charge is 0.225 e. The molecule has 150 valence electrons. The summed E-state index contributed by atoms with van der Waals surface area (Å²) in [6, 6.07) is 15.5. The van der Waals surface area contributed by atoms with Crippen LogP contribution in [-0.2, 0) is 14.4 Å². The van der Waals surface area contributed by atoms with Crippen LogP contribution in [0.25, 0.3) is 0 Å². The van der Waals surface area contributed by atoms with Gasteiger partial charge < -0.3 is 4.90 Å². The van der Waals surface area contributed by atoms with E-state index in [9.17, 15) is 14.4 Å². The Hall–Kier alpha value is -2.95. The zero-order valence-electron chi connectivity index (χ0n) is 17.3. The van der Waals surface area contributed by atoms with Crippen LogP contribution in [0.2, 0.25) is 0 Å². The number of para-hydroxylation sites is 1. The lowest BCUT2D eigenvalue weighted by atomic mass is 9.76. The fraction of sp³-hybridized carbons (Fsp3) is 0.375. The molecule has 5 nitrogen and oxygen atoms in total. The van der Waals surface area contributed by atoms with E-state index in [0.717, 1.165) is 22.4 Å². The lowest BCUT2D eigenvalue weighted by Gasteiger charge is -2.48. The Kier molecular flexibility index (Phi) is 4.77. The highest BCUT2D eigenvalue weighted by molar-refractivity contribution is 5.97. The molecule has 4 atom stereocenters. The van der Waals surface area contributed by atoms with Crippen molar-refractivity contribution in [3.63, 3.8) is 0 Å². The number of Topliss-reactive ketones (excluding diaryl/α,β-unsaturated/α-hetero) is 1. The molecule has 0 N–H and O–H groups in total. The third-order valence-electron chi connectivity index (χ3n) is 6.36. The summed E-state index contributed by atoms with van der Waals surface area (Å²) in [5, 5.41) is 0. The highest BCUT2D eigenvalue weighted by atomic mass is 16.2. The van der Waals surface area contributed by atoms with Crippen molar-refractivity contribution in [1.29, 1.82) is 0 Å². The lowest BCUT2D eigenvalue weighted by molar-refractivity contribution is -0.139. The molecule has 4 rings (SSSR count). The monoisotopic (exact) mass is 390 g/mol. The minimum atomic E-state index is -0.464. The third-order valence-corrected chi connectivity index (χ3v) is 6.36. The number of anilines is 1. The normalized spacial score (nSPS) is 23.1. The van der Waals surface area contributed by atoms with Gasteiger partial charge in [-0.15, -0.1) is 0 Å². The molecule has 5 heteroatoms. The van der Waals surface area contributed by atoms with Crippen molar-refractivity contribution in [2.45, 2.75) is 52.2 Å². The van der Waals surface area contributed by atoms with Gasteiger partial charge in [-0.2, -0.15) is 0 Å². The second kappa shape index (κ2) is 7.14. The van der Waals surface area contributed by atoms with Crippen molar-refractivity contribution < 1.29 is 14.4 Å². The number of amides is 2. The second-order valence-electron chi connectivity index (χ2n) is 7.95. The highest BCUT2D eigenvalue weighted by Gasteiger charge is 2.53. The maximum absolute atomic E-state index is 13.0. The van der Waals surface area contributed by atoms with Gasteiger partial charge in [0.2, 0.25) is 11.8 Å². The van der Waals surface area contributed by atoms with Gasteiger partial charge in [0.05, 0.1) is 12.0 Å². The standard InChI is InChI=1S/C24H26N2O3/c1-5-21(29)14(2)23-18-11-7-6-10-17(18)22-19-12-8-9-13-20(19)25(15(3)27)24(22)26(23)16(4)28/h6-14,22-24H,5H2,1-4H3/t14?,22-,23-,24-/m0/s1. The fourth-order valence-corrected chi connectivity index (χ4v) is 5.16.